The van der Waals surface area contributed by atoms with E-state index in [1.807, 2.05) is 13.8 Å². The molecule has 0 fully saturated rings. The van der Waals surface area contributed by atoms with E-state index in [9.17, 15) is 10.1 Å². The van der Waals surface area contributed by atoms with Gasteiger partial charge < -0.3 is 15.4 Å². The Morgan fingerprint density at radius 1 is 1.56 bits per heavy atom. The van der Waals surface area contributed by atoms with Crippen molar-refractivity contribution < 1.29 is 9.66 Å². The Kier molecular flexibility index (Phi) is 4.85. The number of nitro groups is 1. The zero-order valence-electron chi connectivity index (χ0n) is 10.8. The highest BCUT2D eigenvalue weighted by molar-refractivity contribution is 5.60. The molecule has 0 aliphatic carbocycles. The molecule has 1 rings (SSSR count). The molecule has 0 aliphatic heterocycles. The largest absolute Gasteiger partial charge is 0.384 e. The predicted molar refractivity (Wildman–Crippen MR) is 69.7 cm³/mol. The molecule has 0 unspecified atom stereocenters. The molecule has 0 radical (unpaired) electrons. The van der Waals surface area contributed by atoms with Crippen molar-refractivity contribution in [3.8, 4) is 0 Å². The molecule has 0 atom stereocenters. The van der Waals surface area contributed by atoms with Gasteiger partial charge in [0, 0.05) is 19.7 Å². The van der Waals surface area contributed by atoms with E-state index >= 15 is 0 Å². The fraction of sp³-hybridized carbons (Fsp3) is 0.545. The summed E-state index contributed by atoms with van der Waals surface area (Å²) in [6, 6.07) is 2.78. The molecule has 0 saturated heterocycles. The van der Waals surface area contributed by atoms with E-state index in [2.05, 4.69) is 4.98 Å². The van der Waals surface area contributed by atoms with Crippen LogP contribution in [-0.4, -0.2) is 36.2 Å². The number of nitrogens with zero attached hydrogens (tertiary/aromatic N) is 3. The van der Waals surface area contributed by atoms with Crippen molar-refractivity contribution in [2.24, 2.45) is 0 Å². The number of ether oxygens (including phenoxy) is 1. The van der Waals surface area contributed by atoms with Gasteiger partial charge in [0.2, 0.25) is 5.82 Å². The van der Waals surface area contributed by atoms with Gasteiger partial charge in [-0.1, -0.05) is 0 Å². The molecule has 0 saturated carbocycles. The van der Waals surface area contributed by atoms with E-state index in [-0.39, 0.29) is 23.4 Å². The summed E-state index contributed by atoms with van der Waals surface area (Å²) in [7, 11) is 1.72. The van der Waals surface area contributed by atoms with Crippen LogP contribution in [-0.2, 0) is 4.74 Å². The lowest BCUT2D eigenvalue weighted by atomic mass is 10.3. The summed E-state index contributed by atoms with van der Waals surface area (Å²) < 4.78 is 5.39. The number of rotatable bonds is 6. The highest BCUT2D eigenvalue weighted by Crippen LogP contribution is 2.25. The molecule has 100 valence electrons. The zero-order chi connectivity index (χ0) is 13.7. The first kappa shape index (κ1) is 14.2. The van der Waals surface area contributed by atoms with E-state index in [0.29, 0.717) is 13.2 Å². The average Bonchev–Trinajstić information content (AvgIpc) is 2.27. The van der Waals surface area contributed by atoms with Gasteiger partial charge in [0.25, 0.3) is 0 Å². The Morgan fingerprint density at radius 2 is 2.22 bits per heavy atom. The quantitative estimate of drug-likeness (QED) is 0.609. The Balaban J connectivity index is 2.80. The number of aromatic nitrogens is 1. The molecule has 0 aliphatic rings. The molecule has 0 bridgehead atoms. The van der Waals surface area contributed by atoms with Crippen LogP contribution in [0, 0.1) is 10.1 Å². The predicted octanol–water partition coefficient (Wildman–Crippen LogP) is 1.43. The molecule has 1 aromatic heterocycles. The summed E-state index contributed by atoms with van der Waals surface area (Å²) >= 11 is 0. The summed E-state index contributed by atoms with van der Waals surface area (Å²) in [4.78, 5) is 16.1. The Labute approximate surface area is 106 Å². The molecular weight excluding hydrogens is 236 g/mol. The Morgan fingerprint density at radius 3 is 2.78 bits per heavy atom. The maximum absolute atomic E-state index is 10.9. The standard InChI is InChI=1S/C11H18N4O3/c1-8(2)18-7-6-14(3)11-9(15(16)17)4-5-10(12)13-11/h4-5,8H,6-7H2,1-3H3,(H2,12,13). The SMILES string of the molecule is CC(C)OCCN(C)c1nc(N)ccc1[N+](=O)[O-]. The van der Waals surface area contributed by atoms with E-state index < -0.39 is 4.92 Å². The third kappa shape index (κ3) is 3.85. The second-order valence-electron chi connectivity index (χ2n) is 4.18. The van der Waals surface area contributed by atoms with Crippen molar-refractivity contribution in [1.82, 2.24) is 4.98 Å². The van der Waals surface area contributed by atoms with Crippen molar-refractivity contribution in [1.29, 1.82) is 0 Å². The number of hydrogen-bond acceptors (Lipinski definition) is 6. The molecule has 0 spiro atoms. The summed E-state index contributed by atoms with van der Waals surface area (Å²) in [6.45, 7) is 4.85. The summed E-state index contributed by atoms with van der Waals surface area (Å²) in [5, 5.41) is 10.9. The minimum absolute atomic E-state index is 0.0590. The van der Waals surface area contributed by atoms with Gasteiger partial charge in [-0.15, -0.1) is 0 Å². The van der Waals surface area contributed by atoms with Gasteiger partial charge in [-0.25, -0.2) is 4.98 Å². The molecule has 7 heteroatoms. The number of nitrogens with two attached hydrogens (primary N) is 1. The van der Waals surface area contributed by atoms with Crippen LogP contribution in [0.4, 0.5) is 17.3 Å². The molecule has 18 heavy (non-hydrogen) atoms. The average molecular weight is 254 g/mol. The molecule has 2 N–H and O–H groups in total. The second kappa shape index (κ2) is 6.15. The third-order valence-electron chi connectivity index (χ3n) is 2.31. The highest BCUT2D eigenvalue weighted by Gasteiger charge is 2.18. The number of likely N-dealkylation sites (N-methyl/N-ethyl adjacent to an activating group) is 1. The Bertz CT molecular complexity index is 423. The van der Waals surface area contributed by atoms with Crippen LogP contribution < -0.4 is 10.6 Å². The molecule has 1 aromatic rings. The number of anilines is 2. The second-order valence-corrected chi connectivity index (χ2v) is 4.18. The van der Waals surface area contributed by atoms with Crippen LogP contribution >= 0.6 is 0 Å². The fourth-order valence-electron chi connectivity index (χ4n) is 1.41. The van der Waals surface area contributed by atoms with Crippen LogP contribution in [0.25, 0.3) is 0 Å². The van der Waals surface area contributed by atoms with Gasteiger partial charge in [-0.3, -0.25) is 10.1 Å². The van der Waals surface area contributed by atoms with Gasteiger partial charge in [-0.05, 0) is 19.9 Å². The first-order valence-corrected chi connectivity index (χ1v) is 5.65. The maximum atomic E-state index is 10.9. The Hall–Kier alpha value is -1.89. The first-order chi connectivity index (χ1) is 8.41. The number of hydrogen-bond donors (Lipinski definition) is 1. The van der Waals surface area contributed by atoms with Gasteiger partial charge in [0.05, 0.1) is 17.6 Å². The topological polar surface area (TPSA) is 94.5 Å². The fourth-order valence-corrected chi connectivity index (χ4v) is 1.41. The van der Waals surface area contributed by atoms with Crippen molar-refractivity contribution in [3.63, 3.8) is 0 Å². The summed E-state index contributed by atoms with van der Waals surface area (Å²) in [5.41, 5.74) is 5.49. The van der Waals surface area contributed by atoms with Gasteiger partial charge in [-0.2, -0.15) is 0 Å². The van der Waals surface area contributed by atoms with Crippen LogP contribution in [0.15, 0.2) is 12.1 Å². The highest BCUT2D eigenvalue weighted by atomic mass is 16.6. The van der Waals surface area contributed by atoms with E-state index in [0.717, 1.165) is 0 Å². The summed E-state index contributed by atoms with van der Waals surface area (Å²) in [5.74, 6) is 0.514. The minimum Gasteiger partial charge on any atom is -0.384 e. The van der Waals surface area contributed by atoms with Crippen molar-refractivity contribution in [2.45, 2.75) is 20.0 Å². The van der Waals surface area contributed by atoms with E-state index in [1.165, 1.54) is 12.1 Å². The van der Waals surface area contributed by atoms with Gasteiger partial charge in [0.1, 0.15) is 5.82 Å². The lowest BCUT2D eigenvalue weighted by Crippen LogP contribution is -2.25. The smallest absolute Gasteiger partial charge is 0.311 e. The lowest BCUT2D eigenvalue weighted by molar-refractivity contribution is -0.384. The van der Waals surface area contributed by atoms with Crippen LogP contribution in [0.2, 0.25) is 0 Å². The van der Waals surface area contributed by atoms with Crippen molar-refractivity contribution in [3.05, 3.63) is 22.2 Å². The van der Waals surface area contributed by atoms with Crippen molar-refractivity contribution in [2.75, 3.05) is 30.8 Å². The molecule has 1 heterocycles. The van der Waals surface area contributed by atoms with Gasteiger partial charge >= 0.3 is 5.69 Å². The number of nitrogen functional groups attached to an aromatic ring is 1. The van der Waals surface area contributed by atoms with Crippen LogP contribution in [0.3, 0.4) is 0 Å². The zero-order valence-corrected chi connectivity index (χ0v) is 10.8. The first-order valence-electron chi connectivity index (χ1n) is 5.65. The molecule has 0 aromatic carbocycles. The molecule has 0 amide bonds. The van der Waals surface area contributed by atoms with Crippen LogP contribution in [0.1, 0.15) is 13.8 Å². The number of pyridine rings is 1. The van der Waals surface area contributed by atoms with Crippen molar-refractivity contribution >= 4 is 17.3 Å². The van der Waals surface area contributed by atoms with E-state index in [1.54, 1.807) is 11.9 Å². The maximum Gasteiger partial charge on any atom is 0.311 e. The third-order valence-corrected chi connectivity index (χ3v) is 2.31. The normalized spacial score (nSPS) is 10.7. The molecular formula is C11H18N4O3. The van der Waals surface area contributed by atoms with E-state index in [4.69, 9.17) is 10.5 Å². The minimum atomic E-state index is -0.471. The summed E-state index contributed by atoms with van der Waals surface area (Å²) in [6.07, 6.45) is 0.127. The monoisotopic (exact) mass is 254 g/mol. The molecule has 7 nitrogen and oxygen atoms in total. The van der Waals surface area contributed by atoms with Crippen LogP contribution in [0.5, 0.6) is 0 Å². The lowest BCUT2D eigenvalue weighted by Gasteiger charge is -2.19. The van der Waals surface area contributed by atoms with Gasteiger partial charge in [0.15, 0.2) is 0 Å².